The van der Waals surface area contributed by atoms with E-state index >= 15 is 0 Å². The summed E-state index contributed by atoms with van der Waals surface area (Å²) < 4.78 is 28.2. The lowest BCUT2D eigenvalue weighted by molar-refractivity contribution is -0.117. The first kappa shape index (κ1) is 19.4. The van der Waals surface area contributed by atoms with Crippen molar-refractivity contribution in [2.75, 3.05) is 0 Å². The van der Waals surface area contributed by atoms with E-state index in [4.69, 9.17) is 0 Å². The number of aromatic nitrogens is 1. The number of rotatable bonds is 6. The van der Waals surface area contributed by atoms with Crippen molar-refractivity contribution >= 4 is 26.7 Å². The Balaban J connectivity index is 2.19. The fraction of sp³-hybridized carbons (Fsp3) is 0.318. The number of carbonyl (C=O) groups is 1. The zero-order chi connectivity index (χ0) is 19.8. The van der Waals surface area contributed by atoms with E-state index in [2.05, 4.69) is 0 Å². The predicted molar refractivity (Wildman–Crippen MR) is 109 cm³/mol. The Morgan fingerprint density at radius 3 is 2.22 bits per heavy atom. The molecule has 3 rings (SSSR count). The average molecular weight is 384 g/mol. The van der Waals surface area contributed by atoms with Gasteiger partial charge in [0.2, 0.25) is 0 Å². The first-order valence-electron chi connectivity index (χ1n) is 9.14. The maximum Gasteiger partial charge on any atom is 0.268 e. The zero-order valence-corrected chi connectivity index (χ0v) is 17.1. The monoisotopic (exact) mass is 383 g/mol. The number of hydrogen-bond acceptors (Lipinski definition) is 3. The summed E-state index contributed by atoms with van der Waals surface area (Å²) in [6.07, 6.45) is 1.90. The van der Waals surface area contributed by atoms with Gasteiger partial charge in [-0.05, 0) is 70.4 Å². The number of nitrogens with zero attached hydrogens (tertiary/aromatic N) is 1. The summed E-state index contributed by atoms with van der Waals surface area (Å²) in [6.45, 7) is 7.37. The molecule has 0 bridgehead atoms. The van der Waals surface area contributed by atoms with Gasteiger partial charge in [-0.2, -0.15) is 0 Å². The normalized spacial score (nSPS) is 11.9. The van der Waals surface area contributed by atoms with Crippen LogP contribution >= 0.6 is 0 Å². The number of Topliss-reactive ketones (excluding diaryl/α,β-unsaturated/α-hetero) is 1. The molecule has 0 spiro atoms. The van der Waals surface area contributed by atoms with Crippen molar-refractivity contribution in [2.45, 2.75) is 51.9 Å². The highest BCUT2D eigenvalue weighted by molar-refractivity contribution is 7.90. The Kier molecular flexibility index (Phi) is 5.24. The minimum Gasteiger partial charge on any atom is -0.300 e. The molecule has 0 aliphatic carbocycles. The van der Waals surface area contributed by atoms with E-state index in [0.29, 0.717) is 24.8 Å². The summed E-state index contributed by atoms with van der Waals surface area (Å²) in [5.41, 5.74) is 4.52. The third kappa shape index (κ3) is 3.69. The highest BCUT2D eigenvalue weighted by Crippen LogP contribution is 2.32. The van der Waals surface area contributed by atoms with Crippen molar-refractivity contribution in [3.05, 3.63) is 64.8 Å². The Bertz CT molecular complexity index is 1110. The van der Waals surface area contributed by atoms with Crippen LogP contribution in [0.1, 0.15) is 42.1 Å². The molecule has 27 heavy (non-hydrogen) atoms. The minimum atomic E-state index is -3.70. The van der Waals surface area contributed by atoms with Gasteiger partial charge in [-0.1, -0.05) is 29.3 Å². The molecule has 1 aromatic heterocycles. The van der Waals surface area contributed by atoms with Crippen LogP contribution in [0.3, 0.4) is 0 Å². The zero-order valence-electron chi connectivity index (χ0n) is 16.2. The highest BCUT2D eigenvalue weighted by atomic mass is 32.2. The second kappa shape index (κ2) is 7.31. The van der Waals surface area contributed by atoms with E-state index < -0.39 is 10.0 Å². The van der Waals surface area contributed by atoms with Gasteiger partial charge in [-0.25, -0.2) is 12.4 Å². The number of benzene rings is 2. The molecule has 4 nitrogen and oxygen atoms in total. The average Bonchev–Trinajstić information content (AvgIpc) is 2.87. The summed E-state index contributed by atoms with van der Waals surface area (Å²) in [7, 11) is -3.70. The topological polar surface area (TPSA) is 56.1 Å². The molecule has 0 fully saturated rings. The molecular weight excluding hydrogens is 358 g/mol. The van der Waals surface area contributed by atoms with Crippen LogP contribution in [-0.2, 0) is 21.2 Å². The van der Waals surface area contributed by atoms with E-state index in [1.165, 1.54) is 3.97 Å². The van der Waals surface area contributed by atoms with Crippen LogP contribution in [0.5, 0.6) is 0 Å². The Morgan fingerprint density at radius 2 is 1.59 bits per heavy atom. The summed E-state index contributed by atoms with van der Waals surface area (Å²) in [6, 6.07) is 12.8. The van der Waals surface area contributed by atoms with Gasteiger partial charge >= 0.3 is 0 Å². The molecule has 0 aliphatic rings. The van der Waals surface area contributed by atoms with Crippen LogP contribution < -0.4 is 0 Å². The molecule has 0 N–H and O–H groups in total. The second-order valence-electron chi connectivity index (χ2n) is 7.22. The van der Waals surface area contributed by atoms with Crippen LogP contribution in [0.15, 0.2) is 47.4 Å². The number of carbonyl (C=O) groups excluding carboxylic acids is 1. The Hall–Kier alpha value is -2.40. The van der Waals surface area contributed by atoms with Crippen molar-refractivity contribution in [2.24, 2.45) is 0 Å². The molecule has 1 heterocycles. The fourth-order valence-corrected chi connectivity index (χ4v) is 5.10. The van der Waals surface area contributed by atoms with Crippen molar-refractivity contribution < 1.29 is 13.2 Å². The highest BCUT2D eigenvalue weighted by Gasteiger charge is 2.24. The summed E-state index contributed by atoms with van der Waals surface area (Å²) in [5, 5.41) is 0.951. The number of hydrogen-bond donors (Lipinski definition) is 0. The summed E-state index contributed by atoms with van der Waals surface area (Å²) in [4.78, 5) is 11.6. The Morgan fingerprint density at radius 1 is 0.963 bits per heavy atom. The van der Waals surface area contributed by atoms with Crippen molar-refractivity contribution in [3.8, 4) is 0 Å². The van der Waals surface area contributed by atoms with E-state index in [9.17, 15) is 13.2 Å². The van der Waals surface area contributed by atoms with Gasteiger partial charge < -0.3 is 4.79 Å². The Labute approximate surface area is 160 Å². The fourth-order valence-electron chi connectivity index (χ4n) is 3.52. The van der Waals surface area contributed by atoms with Crippen molar-refractivity contribution in [3.63, 3.8) is 0 Å². The number of fused-ring (bicyclic) bond motifs is 1. The minimum absolute atomic E-state index is 0.153. The first-order chi connectivity index (χ1) is 12.7. The molecule has 0 aliphatic heterocycles. The van der Waals surface area contributed by atoms with Gasteiger partial charge in [0, 0.05) is 17.5 Å². The largest absolute Gasteiger partial charge is 0.300 e. The molecule has 0 saturated carbocycles. The second-order valence-corrected chi connectivity index (χ2v) is 9.01. The van der Waals surface area contributed by atoms with Crippen LogP contribution in [0.25, 0.3) is 10.9 Å². The first-order valence-corrected chi connectivity index (χ1v) is 10.6. The van der Waals surface area contributed by atoms with Gasteiger partial charge in [0.05, 0.1) is 10.4 Å². The van der Waals surface area contributed by atoms with Gasteiger partial charge in [-0.3, -0.25) is 0 Å². The van der Waals surface area contributed by atoms with Crippen LogP contribution in [-0.4, -0.2) is 18.2 Å². The van der Waals surface area contributed by atoms with Crippen molar-refractivity contribution in [1.82, 2.24) is 3.97 Å². The predicted octanol–water partition coefficient (Wildman–Crippen LogP) is 4.72. The maximum absolute atomic E-state index is 13.4. The van der Waals surface area contributed by atoms with Crippen molar-refractivity contribution in [1.29, 1.82) is 0 Å². The molecule has 0 atom stereocenters. The lowest BCUT2D eigenvalue weighted by atomic mass is 10.0. The summed E-state index contributed by atoms with van der Waals surface area (Å²) in [5.74, 6) is 0.153. The molecule has 3 aromatic rings. The quantitative estimate of drug-likeness (QED) is 0.619. The lowest BCUT2D eigenvalue weighted by Crippen LogP contribution is -2.14. The van der Waals surface area contributed by atoms with Crippen LogP contribution in [0, 0.1) is 20.8 Å². The standard InChI is InChI=1S/C22H25NO3S/c1-15-8-11-19(12-9-15)27(25,26)23-18(4)20(7-5-6-17(3)24)21-14-16(2)10-13-22(21)23/h8-14H,5-7H2,1-4H3. The summed E-state index contributed by atoms with van der Waals surface area (Å²) >= 11 is 0. The molecule has 0 radical (unpaired) electrons. The van der Waals surface area contributed by atoms with E-state index in [1.54, 1.807) is 19.1 Å². The third-order valence-electron chi connectivity index (χ3n) is 4.95. The molecule has 142 valence electrons. The molecule has 2 aromatic carbocycles. The smallest absolute Gasteiger partial charge is 0.268 e. The number of aryl methyl sites for hydroxylation is 3. The van der Waals surface area contributed by atoms with Gasteiger partial charge in [0.15, 0.2) is 0 Å². The molecule has 0 unspecified atom stereocenters. The van der Waals surface area contributed by atoms with Gasteiger partial charge in [-0.15, -0.1) is 0 Å². The third-order valence-corrected chi connectivity index (χ3v) is 6.77. The van der Waals surface area contributed by atoms with Gasteiger partial charge in [0.25, 0.3) is 10.0 Å². The van der Waals surface area contributed by atoms with E-state index in [-0.39, 0.29) is 10.7 Å². The lowest BCUT2D eigenvalue weighted by Gasteiger charge is -2.11. The molecular formula is C22H25NO3S. The van der Waals surface area contributed by atoms with E-state index in [0.717, 1.165) is 27.8 Å². The maximum atomic E-state index is 13.4. The molecule has 5 heteroatoms. The number of ketones is 1. The van der Waals surface area contributed by atoms with Crippen LogP contribution in [0.4, 0.5) is 0 Å². The molecule has 0 amide bonds. The van der Waals surface area contributed by atoms with Gasteiger partial charge in [0.1, 0.15) is 5.78 Å². The van der Waals surface area contributed by atoms with Crippen LogP contribution in [0.2, 0.25) is 0 Å². The SMILES string of the molecule is CC(=O)CCCc1c(C)n(S(=O)(=O)c2ccc(C)cc2)c2ccc(C)cc12. The van der Waals surface area contributed by atoms with E-state index in [1.807, 2.05) is 51.1 Å². The molecule has 0 saturated heterocycles.